The van der Waals surface area contributed by atoms with E-state index in [4.69, 9.17) is 0 Å². The molecule has 6 nitrogen and oxygen atoms in total. The third-order valence-corrected chi connectivity index (χ3v) is 5.82. The maximum Gasteiger partial charge on any atom is 0.328 e. The van der Waals surface area contributed by atoms with E-state index < -0.39 is 64.6 Å². The fraction of sp³-hybridized carbons (Fsp3) is 0.174. The molecule has 0 aliphatic heterocycles. The molecule has 3 aromatic rings. The van der Waals surface area contributed by atoms with Gasteiger partial charge in [-0.05, 0) is 11.1 Å². The normalized spacial score (nSPS) is 13.0. The highest BCUT2D eigenvalue weighted by molar-refractivity contribution is 7.80. The lowest BCUT2D eigenvalue weighted by Gasteiger charge is -2.35. The molecule has 1 unspecified atom stereocenters. The van der Waals surface area contributed by atoms with Crippen molar-refractivity contribution in [3.63, 3.8) is 0 Å². The molecule has 35 heavy (non-hydrogen) atoms. The molecule has 0 aromatic heterocycles. The third kappa shape index (κ3) is 6.02. The SMILES string of the molecule is O=C(O)[C@H](CN(Cc1ccccc1)Cc1ccccc1)N(c1c(F)c(F)c(F)c(F)c1F)S(=O)[O-]. The smallest absolute Gasteiger partial charge is 0.328 e. The van der Waals surface area contributed by atoms with Gasteiger partial charge in [-0.2, -0.15) is 0 Å². The quantitative estimate of drug-likeness (QED) is 0.191. The van der Waals surface area contributed by atoms with Gasteiger partial charge < -0.3 is 9.66 Å². The summed E-state index contributed by atoms with van der Waals surface area (Å²) in [5.41, 5.74) is -0.460. The average Bonchev–Trinajstić information content (AvgIpc) is 2.84. The predicted octanol–water partition coefficient (Wildman–Crippen LogP) is 4.14. The zero-order valence-electron chi connectivity index (χ0n) is 17.8. The summed E-state index contributed by atoms with van der Waals surface area (Å²) in [6, 6.07) is 15.0. The van der Waals surface area contributed by atoms with E-state index in [0.29, 0.717) is 11.1 Å². The van der Waals surface area contributed by atoms with Crippen LogP contribution in [0.15, 0.2) is 60.7 Å². The van der Waals surface area contributed by atoms with Crippen molar-refractivity contribution in [1.82, 2.24) is 4.90 Å². The summed E-state index contributed by atoms with van der Waals surface area (Å²) >= 11 is -3.72. The highest BCUT2D eigenvalue weighted by Crippen LogP contribution is 2.32. The van der Waals surface area contributed by atoms with Gasteiger partial charge in [0.2, 0.25) is 5.82 Å². The van der Waals surface area contributed by atoms with Gasteiger partial charge in [0.1, 0.15) is 5.69 Å². The second-order valence-electron chi connectivity index (χ2n) is 7.46. The Hall–Kier alpha value is -3.35. The summed E-state index contributed by atoms with van der Waals surface area (Å²) < 4.78 is 93.4. The number of benzene rings is 3. The minimum Gasteiger partial charge on any atom is -0.755 e. The Morgan fingerprint density at radius 2 is 1.20 bits per heavy atom. The molecule has 3 rings (SSSR count). The molecule has 0 saturated heterocycles. The lowest BCUT2D eigenvalue weighted by molar-refractivity contribution is -0.138. The Kier molecular flexibility index (Phi) is 8.54. The fourth-order valence-corrected chi connectivity index (χ4v) is 4.16. The van der Waals surface area contributed by atoms with E-state index in [2.05, 4.69) is 0 Å². The molecule has 0 spiro atoms. The van der Waals surface area contributed by atoms with Crippen molar-refractivity contribution in [3.05, 3.63) is 101 Å². The summed E-state index contributed by atoms with van der Waals surface area (Å²) in [4.78, 5) is 13.6. The van der Waals surface area contributed by atoms with Gasteiger partial charge in [0.25, 0.3) is 0 Å². The maximum atomic E-state index is 14.4. The minimum atomic E-state index is -3.72. The second kappa shape index (κ2) is 11.4. The molecule has 1 N–H and O–H groups in total. The molecule has 0 bridgehead atoms. The number of anilines is 1. The zero-order chi connectivity index (χ0) is 25.7. The van der Waals surface area contributed by atoms with Crippen LogP contribution in [0.5, 0.6) is 0 Å². The van der Waals surface area contributed by atoms with Crippen LogP contribution < -0.4 is 4.31 Å². The van der Waals surface area contributed by atoms with Crippen molar-refractivity contribution < 1.29 is 40.6 Å². The van der Waals surface area contributed by atoms with Crippen LogP contribution in [0.1, 0.15) is 11.1 Å². The predicted molar refractivity (Wildman–Crippen MR) is 116 cm³/mol. The van der Waals surface area contributed by atoms with E-state index in [1.54, 1.807) is 60.7 Å². The van der Waals surface area contributed by atoms with Crippen LogP contribution in [-0.4, -0.2) is 37.3 Å². The van der Waals surface area contributed by atoms with Gasteiger partial charge in [0.15, 0.2) is 29.3 Å². The third-order valence-electron chi connectivity index (χ3n) is 5.06. The van der Waals surface area contributed by atoms with Crippen LogP contribution >= 0.6 is 0 Å². The van der Waals surface area contributed by atoms with E-state index in [1.807, 2.05) is 0 Å². The molecule has 0 aliphatic carbocycles. The number of hydrogen-bond donors (Lipinski definition) is 1. The Balaban J connectivity index is 2.05. The Bertz CT molecular complexity index is 1150. The number of carboxylic acid groups (broad SMARTS) is 1. The summed E-state index contributed by atoms with van der Waals surface area (Å²) in [5, 5.41) is 9.76. The summed E-state index contributed by atoms with van der Waals surface area (Å²) in [6.45, 7) is -0.460. The van der Waals surface area contributed by atoms with Crippen molar-refractivity contribution in [3.8, 4) is 0 Å². The first-order valence-electron chi connectivity index (χ1n) is 10.0. The summed E-state index contributed by atoms with van der Waals surface area (Å²) in [7, 11) is 0. The number of carbonyl (C=O) groups is 1. The van der Waals surface area contributed by atoms with Crippen molar-refractivity contribution in [2.45, 2.75) is 19.1 Å². The lowest BCUT2D eigenvalue weighted by atomic mass is 10.1. The fourth-order valence-electron chi connectivity index (χ4n) is 3.49. The summed E-state index contributed by atoms with van der Waals surface area (Å²) in [6.07, 6.45) is 0. The first-order chi connectivity index (χ1) is 16.6. The van der Waals surface area contributed by atoms with Crippen LogP contribution in [-0.2, 0) is 29.2 Å². The number of carboxylic acids is 1. The molecular weight excluding hydrogens is 495 g/mol. The largest absolute Gasteiger partial charge is 0.755 e. The van der Waals surface area contributed by atoms with Crippen molar-refractivity contribution in [1.29, 1.82) is 0 Å². The van der Waals surface area contributed by atoms with Gasteiger partial charge >= 0.3 is 5.97 Å². The van der Waals surface area contributed by atoms with Gasteiger partial charge in [-0.25, -0.2) is 26.7 Å². The van der Waals surface area contributed by atoms with E-state index in [9.17, 15) is 40.6 Å². The number of aliphatic carboxylic acids is 1. The number of rotatable bonds is 10. The zero-order valence-corrected chi connectivity index (χ0v) is 18.7. The standard InChI is InChI=1S/C23H19F5N2O4S/c24-17-18(25)20(27)22(21(28)19(17)26)30(35(33)34)16(23(31)32)13-29(11-14-7-3-1-4-8-14)12-15-9-5-2-6-10-15/h1-10,16H,11-13H2,(H,31,32)(H,33,34)/p-1/t16-/m0/s1. The van der Waals surface area contributed by atoms with Gasteiger partial charge in [0.05, 0.1) is 0 Å². The van der Waals surface area contributed by atoms with E-state index >= 15 is 0 Å². The molecule has 0 aliphatic rings. The first kappa shape index (κ1) is 26.3. The monoisotopic (exact) mass is 513 g/mol. The van der Waals surface area contributed by atoms with Crippen LogP contribution in [0.4, 0.5) is 27.6 Å². The molecule has 186 valence electrons. The first-order valence-corrected chi connectivity index (χ1v) is 11.1. The molecule has 0 fully saturated rings. The van der Waals surface area contributed by atoms with Gasteiger partial charge in [-0.15, -0.1) is 0 Å². The van der Waals surface area contributed by atoms with Crippen molar-refractivity contribution >= 4 is 22.9 Å². The number of halogens is 5. The molecule has 0 radical (unpaired) electrons. The van der Waals surface area contributed by atoms with Crippen molar-refractivity contribution in [2.75, 3.05) is 10.8 Å². The number of nitrogens with zero attached hydrogens (tertiary/aromatic N) is 2. The topological polar surface area (TPSA) is 83.9 Å². The van der Waals surface area contributed by atoms with Crippen LogP contribution in [0.25, 0.3) is 0 Å². The Morgan fingerprint density at radius 1 is 0.800 bits per heavy atom. The molecular formula is C23H18F5N2O4S-. The maximum absolute atomic E-state index is 14.4. The minimum absolute atomic E-state index is 0.0932. The summed E-state index contributed by atoms with van der Waals surface area (Å²) in [5.74, 6) is -14.1. The molecule has 0 amide bonds. The van der Waals surface area contributed by atoms with Gasteiger partial charge in [0, 0.05) is 30.9 Å². The van der Waals surface area contributed by atoms with Gasteiger partial charge in [-0.3, -0.25) is 13.4 Å². The number of hydrogen-bond acceptors (Lipinski definition) is 4. The van der Waals surface area contributed by atoms with E-state index in [1.165, 1.54) is 4.90 Å². The molecule has 0 saturated carbocycles. The molecule has 2 atom stereocenters. The van der Waals surface area contributed by atoms with E-state index in [0.717, 1.165) is 0 Å². The molecule has 0 heterocycles. The average molecular weight is 513 g/mol. The Morgan fingerprint density at radius 3 is 1.57 bits per heavy atom. The molecule has 12 heteroatoms. The van der Waals surface area contributed by atoms with Crippen LogP contribution in [0.2, 0.25) is 0 Å². The van der Waals surface area contributed by atoms with Crippen LogP contribution in [0, 0.1) is 29.1 Å². The lowest BCUT2D eigenvalue weighted by Crippen LogP contribution is -2.50. The van der Waals surface area contributed by atoms with Crippen molar-refractivity contribution in [2.24, 2.45) is 0 Å². The van der Waals surface area contributed by atoms with E-state index in [-0.39, 0.29) is 17.4 Å². The highest BCUT2D eigenvalue weighted by atomic mass is 32.2. The Labute approximate surface area is 199 Å². The molecule has 3 aromatic carbocycles. The van der Waals surface area contributed by atoms with Crippen LogP contribution in [0.3, 0.4) is 0 Å². The second-order valence-corrected chi connectivity index (χ2v) is 8.28. The highest BCUT2D eigenvalue weighted by Gasteiger charge is 2.37. The van der Waals surface area contributed by atoms with Gasteiger partial charge in [-0.1, -0.05) is 60.7 Å².